The maximum absolute atomic E-state index is 11.8. The van der Waals surface area contributed by atoms with Gasteiger partial charge in [-0.15, -0.1) is 0 Å². The highest BCUT2D eigenvalue weighted by Gasteiger charge is 2.05. The van der Waals surface area contributed by atoms with E-state index in [0.717, 1.165) is 11.4 Å². The fraction of sp³-hybridized carbons (Fsp3) is 0.250. The summed E-state index contributed by atoms with van der Waals surface area (Å²) in [5.74, 6) is 0.625. The van der Waals surface area contributed by atoms with Crippen molar-refractivity contribution in [3.63, 3.8) is 0 Å². The second kappa shape index (κ2) is 6.70. The minimum atomic E-state index is -0.179. The number of aryl methyl sites for hydroxylation is 2. The van der Waals surface area contributed by atoms with E-state index in [9.17, 15) is 4.79 Å². The molecule has 0 saturated heterocycles. The highest BCUT2D eigenvalue weighted by molar-refractivity contribution is 5.92. The predicted octanol–water partition coefficient (Wildman–Crippen LogP) is 2.51. The Kier molecular flexibility index (Phi) is 4.71. The molecule has 4 heteroatoms. The van der Waals surface area contributed by atoms with Gasteiger partial charge in [0.2, 0.25) is 0 Å². The van der Waals surface area contributed by atoms with Gasteiger partial charge in [0.05, 0.1) is 6.54 Å². The van der Waals surface area contributed by atoms with E-state index in [1.165, 1.54) is 5.56 Å². The number of amides is 1. The SMILES string of the molecule is Cc1ccc(OCCNC(=O)c2cccc(C)n2)cc1. The van der Waals surface area contributed by atoms with Crippen molar-refractivity contribution in [2.24, 2.45) is 0 Å². The Balaban J connectivity index is 1.76. The Morgan fingerprint density at radius 3 is 2.60 bits per heavy atom. The third-order valence-electron chi connectivity index (χ3n) is 2.80. The number of aromatic nitrogens is 1. The van der Waals surface area contributed by atoms with E-state index >= 15 is 0 Å². The topological polar surface area (TPSA) is 51.2 Å². The van der Waals surface area contributed by atoms with E-state index in [0.29, 0.717) is 18.8 Å². The summed E-state index contributed by atoms with van der Waals surface area (Å²) in [7, 11) is 0. The summed E-state index contributed by atoms with van der Waals surface area (Å²) in [6, 6.07) is 13.2. The van der Waals surface area contributed by atoms with Crippen LogP contribution in [-0.4, -0.2) is 24.0 Å². The number of hydrogen-bond acceptors (Lipinski definition) is 3. The smallest absolute Gasteiger partial charge is 0.270 e. The highest BCUT2D eigenvalue weighted by atomic mass is 16.5. The van der Waals surface area contributed by atoms with Gasteiger partial charge in [-0.3, -0.25) is 4.79 Å². The largest absolute Gasteiger partial charge is 0.492 e. The van der Waals surface area contributed by atoms with Crippen LogP contribution in [0.25, 0.3) is 0 Å². The molecule has 0 radical (unpaired) electrons. The van der Waals surface area contributed by atoms with E-state index in [4.69, 9.17) is 4.74 Å². The number of carbonyl (C=O) groups is 1. The van der Waals surface area contributed by atoms with Gasteiger partial charge in [-0.2, -0.15) is 0 Å². The number of nitrogens with one attached hydrogen (secondary N) is 1. The number of rotatable bonds is 5. The van der Waals surface area contributed by atoms with Crippen LogP contribution in [0.1, 0.15) is 21.7 Å². The number of carbonyl (C=O) groups excluding carboxylic acids is 1. The molecule has 0 aliphatic carbocycles. The molecule has 1 heterocycles. The molecule has 1 aromatic carbocycles. The zero-order chi connectivity index (χ0) is 14.4. The molecule has 0 bridgehead atoms. The van der Waals surface area contributed by atoms with Crippen LogP contribution in [0.4, 0.5) is 0 Å². The average Bonchev–Trinajstić information content (AvgIpc) is 2.45. The lowest BCUT2D eigenvalue weighted by Crippen LogP contribution is -2.28. The Bertz CT molecular complexity index is 579. The Morgan fingerprint density at radius 2 is 1.90 bits per heavy atom. The summed E-state index contributed by atoms with van der Waals surface area (Å²) in [4.78, 5) is 16.0. The standard InChI is InChI=1S/C16H18N2O2/c1-12-6-8-14(9-7-12)20-11-10-17-16(19)15-5-3-4-13(2)18-15/h3-9H,10-11H2,1-2H3,(H,17,19). The lowest BCUT2D eigenvalue weighted by molar-refractivity contribution is 0.0942. The first-order chi connectivity index (χ1) is 9.65. The monoisotopic (exact) mass is 270 g/mol. The fourth-order valence-electron chi connectivity index (χ4n) is 1.73. The van der Waals surface area contributed by atoms with Gasteiger partial charge >= 0.3 is 0 Å². The van der Waals surface area contributed by atoms with Gasteiger partial charge < -0.3 is 10.1 Å². The number of ether oxygens (including phenoxy) is 1. The summed E-state index contributed by atoms with van der Waals surface area (Å²) in [6.07, 6.45) is 0. The molecule has 0 spiro atoms. The molecule has 2 rings (SSSR count). The Morgan fingerprint density at radius 1 is 1.15 bits per heavy atom. The molecule has 4 nitrogen and oxygen atoms in total. The van der Waals surface area contributed by atoms with Crippen LogP contribution < -0.4 is 10.1 Å². The van der Waals surface area contributed by atoms with Crippen molar-refractivity contribution >= 4 is 5.91 Å². The van der Waals surface area contributed by atoms with Gasteiger partial charge in [0, 0.05) is 5.69 Å². The third kappa shape index (κ3) is 4.09. The van der Waals surface area contributed by atoms with Gasteiger partial charge in [-0.1, -0.05) is 23.8 Å². The van der Waals surface area contributed by atoms with Crippen molar-refractivity contribution in [1.82, 2.24) is 10.3 Å². The molecule has 1 amide bonds. The molecule has 1 N–H and O–H groups in total. The van der Waals surface area contributed by atoms with E-state index in [-0.39, 0.29) is 5.91 Å². The van der Waals surface area contributed by atoms with Crippen LogP contribution >= 0.6 is 0 Å². The quantitative estimate of drug-likeness (QED) is 0.849. The van der Waals surface area contributed by atoms with Gasteiger partial charge in [0.1, 0.15) is 18.1 Å². The number of pyridine rings is 1. The normalized spacial score (nSPS) is 10.1. The summed E-state index contributed by atoms with van der Waals surface area (Å²) >= 11 is 0. The zero-order valence-corrected chi connectivity index (χ0v) is 11.7. The van der Waals surface area contributed by atoms with E-state index in [1.54, 1.807) is 6.07 Å². The molecule has 104 valence electrons. The minimum absolute atomic E-state index is 0.179. The molecule has 0 unspecified atom stereocenters. The fourth-order valence-corrected chi connectivity index (χ4v) is 1.73. The molecule has 0 fully saturated rings. The first-order valence-corrected chi connectivity index (χ1v) is 6.56. The van der Waals surface area contributed by atoms with Gasteiger partial charge in [0.15, 0.2) is 0 Å². The highest BCUT2D eigenvalue weighted by Crippen LogP contribution is 2.10. The maximum atomic E-state index is 11.8. The van der Waals surface area contributed by atoms with Crippen molar-refractivity contribution in [3.8, 4) is 5.75 Å². The number of hydrogen-bond donors (Lipinski definition) is 1. The lowest BCUT2D eigenvalue weighted by atomic mass is 10.2. The average molecular weight is 270 g/mol. The van der Waals surface area contributed by atoms with Crippen LogP contribution in [-0.2, 0) is 0 Å². The first kappa shape index (κ1) is 14.1. The van der Waals surface area contributed by atoms with Gasteiger partial charge in [-0.25, -0.2) is 4.98 Å². The second-order valence-electron chi connectivity index (χ2n) is 4.58. The minimum Gasteiger partial charge on any atom is -0.492 e. The molecule has 0 atom stereocenters. The molecule has 2 aromatic rings. The van der Waals surface area contributed by atoms with Crippen LogP contribution in [0, 0.1) is 13.8 Å². The van der Waals surface area contributed by atoms with Crippen LogP contribution in [0.15, 0.2) is 42.5 Å². The summed E-state index contributed by atoms with van der Waals surface area (Å²) in [5.41, 5.74) is 2.45. The number of benzene rings is 1. The predicted molar refractivity (Wildman–Crippen MR) is 78.0 cm³/mol. The third-order valence-corrected chi connectivity index (χ3v) is 2.80. The van der Waals surface area contributed by atoms with Gasteiger partial charge in [0.25, 0.3) is 5.91 Å². The van der Waals surface area contributed by atoms with Crippen LogP contribution in [0.2, 0.25) is 0 Å². The Hall–Kier alpha value is -2.36. The van der Waals surface area contributed by atoms with E-state index < -0.39 is 0 Å². The van der Waals surface area contributed by atoms with E-state index in [2.05, 4.69) is 10.3 Å². The number of nitrogens with zero attached hydrogens (tertiary/aromatic N) is 1. The van der Waals surface area contributed by atoms with Crippen molar-refractivity contribution in [2.75, 3.05) is 13.2 Å². The first-order valence-electron chi connectivity index (χ1n) is 6.56. The van der Waals surface area contributed by atoms with Crippen molar-refractivity contribution < 1.29 is 9.53 Å². The molecule has 0 aliphatic rings. The molecule has 0 aliphatic heterocycles. The zero-order valence-electron chi connectivity index (χ0n) is 11.7. The van der Waals surface area contributed by atoms with Crippen molar-refractivity contribution in [1.29, 1.82) is 0 Å². The van der Waals surface area contributed by atoms with E-state index in [1.807, 2.05) is 50.2 Å². The van der Waals surface area contributed by atoms with Crippen molar-refractivity contribution in [3.05, 3.63) is 59.4 Å². The second-order valence-corrected chi connectivity index (χ2v) is 4.58. The molecule has 20 heavy (non-hydrogen) atoms. The van der Waals surface area contributed by atoms with Gasteiger partial charge in [-0.05, 0) is 38.1 Å². The molecule has 1 aromatic heterocycles. The summed E-state index contributed by atoms with van der Waals surface area (Å²) in [6.45, 7) is 4.76. The van der Waals surface area contributed by atoms with Crippen molar-refractivity contribution in [2.45, 2.75) is 13.8 Å². The van der Waals surface area contributed by atoms with Crippen LogP contribution in [0.5, 0.6) is 5.75 Å². The summed E-state index contributed by atoms with van der Waals surface area (Å²) in [5, 5.41) is 2.78. The Labute approximate surface area is 118 Å². The summed E-state index contributed by atoms with van der Waals surface area (Å²) < 4.78 is 5.54. The molecular weight excluding hydrogens is 252 g/mol. The molecule has 0 saturated carbocycles. The maximum Gasteiger partial charge on any atom is 0.270 e. The lowest BCUT2D eigenvalue weighted by Gasteiger charge is -2.08. The molecular formula is C16H18N2O2. The van der Waals surface area contributed by atoms with Crippen LogP contribution in [0.3, 0.4) is 0 Å².